The molecule has 0 spiro atoms. The highest BCUT2D eigenvalue weighted by Gasteiger charge is 1.98. The SMILES string of the molecule is COCCCN=C(NN)NCCc1ccn(C)n1. The average molecular weight is 254 g/mol. The Labute approximate surface area is 107 Å². The normalized spacial score (nSPS) is 11.6. The molecule has 0 bridgehead atoms. The maximum atomic E-state index is 5.38. The molecule has 0 aliphatic heterocycles. The molecule has 7 heteroatoms. The molecule has 4 N–H and O–H groups in total. The Bertz CT molecular complexity index is 362. The largest absolute Gasteiger partial charge is 0.385 e. The number of ether oxygens (including phenoxy) is 1. The number of rotatable bonds is 7. The molecule has 102 valence electrons. The average Bonchev–Trinajstić information content (AvgIpc) is 2.78. The smallest absolute Gasteiger partial charge is 0.205 e. The van der Waals surface area contributed by atoms with Crippen molar-refractivity contribution >= 4 is 5.96 Å². The zero-order valence-electron chi connectivity index (χ0n) is 11.0. The molecule has 1 heterocycles. The first-order chi connectivity index (χ1) is 8.76. The van der Waals surface area contributed by atoms with Gasteiger partial charge in [0.25, 0.3) is 0 Å². The van der Waals surface area contributed by atoms with E-state index in [1.54, 1.807) is 11.8 Å². The van der Waals surface area contributed by atoms with E-state index in [-0.39, 0.29) is 0 Å². The van der Waals surface area contributed by atoms with Crippen LogP contribution in [-0.2, 0) is 18.2 Å². The van der Waals surface area contributed by atoms with Gasteiger partial charge in [-0.2, -0.15) is 5.10 Å². The lowest BCUT2D eigenvalue weighted by Crippen LogP contribution is -2.42. The number of nitrogens with zero attached hydrogens (tertiary/aromatic N) is 3. The third-order valence-corrected chi connectivity index (χ3v) is 2.36. The third-order valence-electron chi connectivity index (χ3n) is 2.36. The summed E-state index contributed by atoms with van der Waals surface area (Å²) in [6.07, 6.45) is 3.64. The van der Waals surface area contributed by atoms with E-state index in [1.165, 1.54) is 0 Å². The molecule has 0 aromatic carbocycles. The van der Waals surface area contributed by atoms with Gasteiger partial charge in [0, 0.05) is 46.5 Å². The molecule has 1 aromatic rings. The summed E-state index contributed by atoms with van der Waals surface area (Å²) in [5, 5.41) is 7.42. The Balaban J connectivity index is 2.22. The van der Waals surface area contributed by atoms with Gasteiger partial charge >= 0.3 is 0 Å². The molecule has 0 fully saturated rings. The summed E-state index contributed by atoms with van der Waals surface area (Å²) < 4.78 is 6.73. The summed E-state index contributed by atoms with van der Waals surface area (Å²) in [5.74, 6) is 5.98. The molecule has 1 aromatic heterocycles. The lowest BCUT2D eigenvalue weighted by atomic mass is 10.3. The topological polar surface area (TPSA) is 89.5 Å². The molecule has 0 atom stereocenters. The van der Waals surface area contributed by atoms with Crippen molar-refractivity contribution in [2.45, 2.75) is 12.8 Å². The first kappa shape index (κ1) is 14.5. The molecule has 1 rings (SSSR count). The highest BCUT2D eigenvalue weighted by atomic mass is 16.5. The van der Waals surface area contributed by atoms with Crippen LogP contribution < -0.4 is 16.6 Å². The molecule has 0 radical (unpaired) electrons. The van der Waals surface area contributed by atoms with Crippen molar-refractivity contribution in [1.29, 1.82) is 0 Å². The van der Waals surface area contributed by atoms with Crippen molar-refractivity contribution in [3.05, 3.63) is 18.0 Å². The van der Waals surface area contributed by atoms with Gasteiger partial charge in [-0.3, -0.25) is 15.1 Å². The Morgan fingerprint density at radius 3 is 3.06 bits per heavy atom. The second kappa shape index (κ2) is 8.48. The first-order valence-electron chi connectivity index (χ1n) is 5.98. The van der Waals surface area contributed by atoms with Crippen LogP contribution in [0.3, 0.4) is 0 Å². The van der Waals surface area contributed by atoms with E-state index < -0.39 is 0 Å². The van der Waals surface area contributed by atoms with E-state index in [2.05, 4.69) is 20.8 Å². The molecule has 0 aliphatic rings. The first-order valence-corrected chi connectivity index (χ1v) is 5.98. The molecule has 7 nitrogen and oxygen atoms in total. The van der Waals surface area contributed by atoms with Gasteiger partial charge in [0.15, 0.2) is 0 Å². The number of guanidine groups is 1. The number of nitrogens with one attached hydrogen (secondary N) is 2. The number of aliphatic imine (C=N–C) groups is 1. The van der Waals surface area contributed by atoms with Crippen molar-refractivity contribution in [2.75, 3.05) is 26.8 Å². The Morgan fingerprint density at radius 1 is 1.61 bits per heavy atom. The van der Waals surface area contributed by atoms with Crippen LogP contribution in [0.25, 0.3) is 0 Å². The van der Waals surface area contributed by atoms with Crippen molar-refractivity contribution < 1.29 is 4.74 Å². The number of hydrogen-bond donors (Lipinski definition) is 3. The van der Waals surface area contributed by atoms with E-state index in [1.807, 2.05) is 19.3 Å². The summed E-state index contributed by atoms with van der Waals surface area (Å²) in [7, 11) is 3.58. The minimum Gasteiger partial charge on any atom is -0.385 e. The summed E-state index contributed by atoms with van der Waals surface area (Å²) >= 11 is 0. The molecule has 0 amide bonds. The molecular weight excluding hydrogens is 232 g/mol. The molecule has 0 unspecified atom stereocenters. The van der Waals surface area contributed by atoms with Crippen LogP contribution >= 0.6 is 0 Å². The van der Waals surface area contributed by atoms with Gasteiger partial charge in [0.1, 0.15) is 0 Å². The van der Waals surface area contributed by atoms with Gasteiger partial charge < -0.3 is 10.1 Å². The highest BCUT2D eigenvalue weighted by molar-refractivity contribution is 5.79. The van der Waals surface area contributed by atoms with E-state index in [9.17, 15) is 0 Å². The van der Waals surface area contributed by atoms with E-state index in [0.29, 0.717) is 19.1 Å². The maximum Gasteiger partial charge on any atom is 0.205 e. The molecule has 0 saturated heterocycles. The summed E-state index contributed by atoms with van der Waals surface area (Å²) in [4.78, 5) is 4.28. The quantitative estimate of drug-likeness (QED) is 0.199. The molecule has 0 saturated carbocycles. The predicted octanol–water partition coefficient (Wildman–Crippen LogP) is -0.592. The number of nitrogens with two attached hydrogens (primary N) is 1. The predicted molar refractivity (Wildman–Crippen MR) is 71.0 cm³/mol. The lowest BCUT2D eigenvalue weighted by molar-refractivity contribution is 0.197. The van der Waals surface area contributed by atoms with Crippen LogP contribution in [0.4, 0.5) is 0 Å². The Kier molecular flexibility index (Phi) is 6.82. The summed E-state index contributed by atoms with van der Waals surface area (Å²) in [6.45, 7) is 2.13. The number of hydrogen-bond acceptors (Lipinski definition) is 4. The minimum absolute atomic E-state index is 0.599. The van der Waals surface area contributed by atoms with Gasteiger partial charge in [-0.1, -0.05) is 0 Å². The number of aromatic nitrogens is 2. The van der Waals surface area contributed by atoms with Crippen molar-refractivity contribution in [3.63, 3.8) is 0 Å². The second-order valence-corrected chi connectivity index (χ2v) is 3.88. The van der Waals surface area contributed by atoms with Gasteiger partial charge in [0.05, 0.1) is 5.69 Å². The fourth-order valence-corrected chi connectivity index (χ4v) is 1.46. The van der Waals surface area contributed by atoms with E-state index in [0.717, 1.165) is 25.1 Å². The monoisotopic (exact) mass is 254 g/mol. The Hall–Kier alpha value is -1.60. The van der Waals surface area contributed by atoms with Crippen LogP contribution in [0.1, 0.15) is 12.1 Å². The van der Waals surface area contributed by atoms with E-state index in [4.69, 9.17) is 10.6 Å². The summed E-state index contributed by atoms with van der Waals surface area (Å²) in [6, 6.07) is 1.99. The van der Waals surface area contributed by atoms with Gasteiger partial charge in [-0.15, -0.1) is 0 Å². The van der Waals surface area contributed by atoms with Crippen LogP contribution in [0.5, 0.6) is 0 Å². The number of hydrazine groups is 1. The van der Waals surface area contributed by atoms with Gasteiger partial charge in [-0.05, 0) is 12.5 Å². The van der Waals surface area contributed by atoms with Crippen LogP contribution in [0.2, 0.25) is 0 Å². The minimum atomic E-state index is 0.599. The zero-order valence-corrected chi connectivity index (χ0v) is 11.0. The fraction of sp³-hybridized carbons (Fsp3) is 0.636. The van der Waals surface area contributed by atoms with E-state index >= 15 is 0 Å². The summed E-state index contributed by atoms with van der Waals surface area (Å²) in [5.41, 5.74) is 3.59. The van der Waals surface area contributed by atoms with Gasteiger partial charge in [0.2, 0.25) is 5.96 Å². The Morgan fingerprint density at radius 2 is 2.44 bits per heavy atom. The van der Waals surface area contributed by atoms with Crippen LogP contribution in [0.15, 0.2) is 17.3 Å². The third kappa shape index (κ3) is 5.65. The molecule has 18 heavy (non-hydrogen) atoms. The molecular formula is C11H22N6O. The van der Waals surface area contributed by atoms with Gasteiger partial charge in [-0.25, -0.2) is 5.84 Å². The second-order valence-electron chi connectivity index (χ2n) is 3.88. The van der Waals surface area contributed by atoms with Crippen LogP contribution in [-0.4, -0.2) is 42.5 Å². The fourth-order valence-electron chi connectivity index (χ4n) is 1.46. The molecule has 0 aliphatic carbocycles. The maximum absolute atomic E-state index is 5.38. The van der Waals surface area contributed by atoms with Crippen LogP contribution in [0, 0.1) is 0 Å². The number of methoxy groups -OCH3 is 1. The standard InChI is InChI=1S/C11H22N6O/c1-17-8-5-10(16-17)4-7-14-11(15-12)13-6-3-9-18-2/h5,8H,3-4,6-7,9,12H2,1-2H3,(H2,13,14,15). The number of aryl methyl sites for hydroxylation is 1. The van der Waals surface area contributed by atoms with Crippen molar-refractivity contribution in [3.8, 4) is 0 Å². The zero-order chi connectivity index (χ0) is 13.2. The highest BCUT2D eigenvalue weighted by Crippen LogP contribution is 1.93. The lowest BCUT2D eigenvalue weighted by Gasteiger charge is -2.08. The van der Waals surface area contributed by atoms with Crippen molar-refractivity contribution in [2.24, 2.45) is 17.9 Å². The van der Waals surface area contributed by atoms with Crippen molar-refractivity contribution in [1.82, 2.24) is 20.5 Å².